The van der Waals surface area contributed by atoms with Crippen molar-refractivity contribution in [3.63, 3.8) is 0 Å². The van der Waals surface area contributed by atoms with Crippen LogP contribution in [-0.2, 0) is 6.42 Å². The molecule has 1 heterocycles. The number of alkyl halides is 2. The molecule has 0 bridgehead atoms. The minimum Gasteiger partial charge on any atom is -0.433 e. The molecule has 3 nitrogen and oxygen atoms in total. The van der Waals surface area contributed by atoms with Crippen molar-refractivity contribution in [2.75, 3.05) is 0 Å². The van der Waals surface area contributed by atoms with Crippen LogP contribution in [-0.4, -0.2) is 16.1 Å². The van der Waals surface area contributed by atoms with Gasteiger partial charge in [0, 0.05) is 18.0 Å². The molecule has 0 atom stereocenters. The van der Waals surface area contributed by atoms with E-state index >= 15 is 0 Å². The molecule has 0 aliphatic heterocycles. The minimum absolute atomic E-state index is 0.165. The lowest BCUT2D eigenvalue weighted by Gasteiger charge is -2.18. The molecule has 0 spiro atoms. The summed E-state index contributed by atoms with van der Waals surface area (Å²) in [6.07, 6.45) is 16.8. The predicted octanol–water partition coefficient (Wildman–Crippen LogP) is 9.16. The van der Waals surface area contributed by atoms with Crippen LogP contribution in [0.4, 0.5) is 8.78 Å². The van der Waals surface area contributed by atoms with Crippen LogP contribution >= 0.6 is 0 Å². The fraction of sp³-hybridized carbons (Fsp3) is 0.643. The summed E-state index contributed by atoms with van der Waals surface area (Å²) in [5, 5.41) is 0. The van der Waals surface area contributed by atoms with Crippen molar-refractivity contribution in [3.8, 4) is 17.1 Å². The van der Waals surface area contributed by atoms with Crippen LogP contribution in [0.15, 0.2) is 36.7 Å². The molecular weight excluding hydrogens is 418 g/mol. The molecule has 0 amide bonds. The standard InChI is InChI=1S/C28H42F2N2O/c1-3-5-7-8-9-10-11-12-13-14-16-24-22-31-27(32-23-24)25-17-19-26(20-18-25)33-28(29,30)21-15-6-4-2/h17-20,22-23H,3-16,21H2,1-2H3. The zero-order valence-corrected chi connectivity index (χ0v) is 20.6. The van der Waals surface area contributed by atoms with Crippen LogP contribution in [0.25, 0.3) is 11.4 Å². The van der Waals surface area contributed by atoms with Gasteiger partial charge in [0.1, 0.15) is 5.75 Å². The van der Waals surface area contributed by atoms with Gasteiger partial charge in [-0.2, -0.15) is 8.78 Å². The third-order valence-corrected chi connectivity index (χ3v) is 5.98. The topological polar surface area (TPSA) is 35.0 Å². The Balaban J connectivity index is 1.68. The molecule has 0 saturated carbocycles. The van der Waals surface area contributed by atoms with Gasteiger partial charge in [-0.05, 0) is 49.1 Å². The van der Waals surface area contributed by atoms with E-state index in [1.165, 1.54) is 57.8 Å². The summed E-state index contributed by atoms with van der Waals surface area (Å²) in [5.74, 6) is 0.765. The molecule has 5 heteroatoms. The molecule has 1 aromatic carbocycles. The van der Waals surface area contributed by atoms with Gasteiger partial charge in [0.15, 0.2) is 5.82 Å². The maximum absolute atomic E-state index is 13.9. The molecule has 0 N–H and O–H groups in total. The molecule has 0 aliphatic carbocycles. The lowest BCUT2D eigenvalue weighted by molar-refractivity contribution is -0.181. The minimum atomic E-state index is -3.14. The summed E-state index contributed by atoms with van der Waals surface area (Å²) in [5.41, 5.74) is 1.94. The fourth-order valence-corrected chi connectivity index (χ4v) is 3.93. The number of rotatable bonds is 18. The van der Waals surface area contributed by atoms with Crippen LogP contribution < -0.4 is 4.74 Å². The number of nitrogens with zero attached hydrogens (tertiary/aromatic N) is 2. The van der Waals surface area contributed by atoms with Gasteiger partial charge in [0.05, 0.1) is 6.42 Å². The second-order valence-corrected chi connectivity index (χ2v) is 9.07. The molecule has 0 fully saturated rings. The Labute approximate surface area is 199 Å². The van der Waals surface area contributed by atoms with Gasteiger partial charge in [0.2, 0.25) is 0 Å². The van der Waals surface area contributed by atoms with Crippen molar-refractivity contribution in [2.24, 2.45) is 0 Å². The number of unbranched alkanes of at least 4 members (excludes halogenated alkanes) is 11. The van der Waals surface area contributed by atoms with E-state index in [4.69, 9.17) is 4.74 Å². The monoisotopic (exact) mass is 460 g/mol. The molecule has 0 saturated heterocycles. The van der Waals surface area contributed by atoms with E-state index in [1.54, 1.807) is 24.3 Å². The van der Waals surface area contributed by atoms with Gasteiger partial charge in [0.25, 0.3) is 0 Å². The summed E-state index contributed by atoms with van der Waals surface area (Å²) >= 11 is 0. The fourth-order valence-electron chi connectivity index (χ4n) is 3.93. The average Bonchev–Trinajstić information content (AvgIpc) is 2.81. The van der Waals surface area contributed by atoms with Crippen molar-refractivity contribution in [3.05, 3.63) is 42.2 Å². The smallest absolute Gasteiger partial charge is 0.397 e. The average molecular weight is 461 g/mol. The molecule has 33 heavy (non-hydrogen) atoms. The zero-order valence-electron chi connectivity index (χ0n) is 20.6. The summed E-state index contributed by atoms with van der Waals surface area (Å²) < 4.78 is 32.7. The highest BCUT2D eigenvalue weighted by atomic mass is 19.3. The van der Waals surface area contributed by atoms with Gasteiger partial charge in [-0.1, -0.05) is 84.5 Å². The first-order valence-corrected chi connectivity index (χ1v) is 13.0. The second-order valence-electron chi connectivity index (χ2n) is 9.07. The molecular formula is C28H42F2N2O. The summed E-state index contributed by atoms with van der Waals surface area (Å²) in [7, 11) is 0. The molecule has 0 radical (unpaired) electrons. The first kappa shape index (κ1) is 27.2. The van der Waals surface area contributed by atoms with Crippen molar-refractivity contribution in [2.45, 2.75) is 116 Å². The predicted molar refractivity (Wildman–Crippen MR) is 133 cm³/mol. The highest BCUT2D eigenvalue weighted by Crippen LogP contribution is 2.28. The van der Waals surface area contributed by atoms with Gasteiger partial charge in [-0.15, -0.1) is 0 Å². The Morgan fingerprint density at radius 1 is 0.697 bits per heavy atom. The Morgan fingerprint density at radius 3 is 1.79 bits per heavy atom. The van der Waals surface area contributed by atoms with E-state index in [2.05, 4.69) is 16.9 Å². The molecule has 0 aliphatic rings. The largest absolute Gasteiger partial charge is 0.433 e. The summed E-state index contributed by atoms with van der Waals surface area (Å²) in [6.45, 7) is 4.25. The van der Waals surface area contributed by atoms with Crippen molar-refractivity contribution >= 4 is 0 Å². The van der Waals surface area contributed by atoms with E-state index < -0.39 is 6.11 Å². The van der Waals surface area contributed by atoms with Crippen molar-refractivity contribution in [1.29, 1.82) is 0 Å². The number of hydrogen-bond donors (Lipinski definition) is 0. The highest BCUT2D eigenvalue weighted by Gasteiger charge is 2.30. The van der Waals surface area contributed by atoms with E-state index in [1.807, 2.05) is 19.3 Å². The summed E-state index contributed by atoms with van der Waals surface area (Å²) in [4.78, 5) is 8.93. The van der Waals surface area contributed by atoms with E-state index in [0.29, 0.717) is 12.2 Å². The Morgan fingerprint density at radius 2 is 1.21 bits per heavy atom. The number of benzene rings is 1. The van der Waals surface area contributed by atoms with Crippen molar-refractivity contribution < 1.29 is 13.5 Å². The van der Waals surface area contributed by atoms with Crippen LogP contribution in [0.5, 0.6) is 5.75 Å². The molecule has 184 valence electrons. The third kappa shape index (κ3) is 11.6. The van der Waals surface area contributed by atoms with Gasteiger partial charge in [-0.3, -0.25) is 0 Å². The maximum atomic E-state index is 13.9. The number of ether oxygens (including phenoxy) is 1. The van der Waals surface area contributed by atoms with E-state index in [-0.39, 0.29) is 12.2 Å². The quantitative estimate of drug-likeness (QED) is 0.208. The van der Waals surface area contributed by atoms with Crippen LogP contribution in [0, 0.1) is 0 Å². The Hall–Kier alpha value is -2.04. The van der Waals surface area contributed by atoms with E-state index in [9.17, 15) is 8.78 Å². The number of aryl methyl sites for hydroxylation is 1. The SMILES string of the molecule is CCCCCCCCCCCCc1cnc(-c2ccc(OC(F)(F)CCCCC)cc2)nc1. The van der Waals surface area contributed by atoms with Gasteiger partial charge in [-0.25, -0.2) is 9.97 Å². The second kappa shape index (κ2) is 15.7. The molecule has 0 unspecified atom stereocenters. The first-order chi connectivity index (χ1) is 16.0. The van der Waals surface area contributed by atoms with Crippen molar-refractivity contribution in [1.82, 2.24) is 9.97 Å². The number of hydrogen-bond acceptors (Lipinski definition) is 3. The molecule has 1 aromatic heterocycles. The first-order valence-electron chi connectivity index (χ1n) is 13.0. The van der Waals surface area contributed by atoms with E-state index in [0.717, 1.165) is 36.8 Å². The Kier molecular flexibility index (Phi) is 13.0. The molecule has 2 aromatic rings. The van der Waals surface area contributed by atoms with Crippen LogP contribution in [0.1, 0.15) is 109 Å². The highest BCUT2D eigenvalue weighted by molar-refractivity contribution is 5.55. The molecule has 2 rings (SSSR count). The lowest BCUT2D eigenvalue weighted by Crippen LogP contribution is -2.24. The summed E-state index contributed by atoms with van der Waals surface area (Å²) in [6, 6.07) is 6.58. The maximum Gasteiger partial charge on any atom is 0.397 e. The number of halogens is 2. The lowest BCUT2D eigenvalue weighted by atomic mass is 10.0. The Bertz CT molecular complexity index is 747. The number of aromatic nitrogens is 2. The van der Waals surface area contributed by atoms with Crippen LogP contribution in [0.2, 0.25) is 0 Å². The third-order valence-electron chi connectivity index (χ3n) is 5.98. The van der Waals surface area contributed by atoms with Crippen LogP contribution in [0.3, 0.4) is 0 Å². The van der Waals surface area contributed by atoms with Gasteiger partial charge >= 0.3 is 6.11 Å². The zero-order chi connectivity index (χ0) is 23.8. The van der Waals surface area contributed by atoms with Gasteiger partial charge < -0.3 is 4.74 Å². The normalized spacial score (nSPS) is 11.6.